The van der Waals surface area contributed by atoms with Gasteiger partial charge in [0.05, 0.1) is 27.7 Å². The predicted octanol–water partition coefficient (Wildman–Crippen LogP) is 4.56. The second-order valence-electron chi connectivity index (χ2n) is 7.62. The van der Waals surface area contributed by atoms with Gasteiger partial charge >= 0.3 is 0 Å². The summed E-state index contributed by atoms with van der Waals surface area (Å²) in [6.07, 6.45) is 2.65. The average Bonchev–Trinajstić information content (AvgIpc) is 3.19. The molecule has 7 nitrogen and oxygen atoms in total. The molecule has 5 rings (SSSR count). The summed E-state index contributed by atoms with van der Waals surface area (Å²) in [6, 6.07) is 14.3. The molecule has 0 amide bonds. The Morgan fingerprint density at radius 3 is 2.77 bits per heavy atom. The molecule has 31 heavy (non-hydrogen) atoms. The summed E-state index contributed by atoms with van der Waals surface area (Å²) in [5.41, 5.74) is 10.3. The molecule has 2 aromatic heterocycles. The van der Waals surface area contributed by atoms with Crippen molar-refractivity contribution in [2.75, 3.05) is 29.5 Å². The minimum atomic E-state index is 0.0918. The van der Waals surface area contributed by atoms with E-state index in [1.165, 1.54) is 11.3 Å². The van der Waals surface area contributed by atoms with Gasteiger partial charge in [-0.3, -0.25) is 0 Å². The SMILES string of the molecule is CNc1nc(N)nc2c1cnn2C1Cc2ccccc2N(Cc2ccc(Cl)c(Cl)c2)C1. The number of aromatic nitrogens is 4. The van der Waals surface area contributed by atoms with Crippen LogP contribution in [-0.2, 0) is 13.0 Å². The molecule has 1 aliphatic heterocycles. The van der Waals surface area contributed by atoms with Gasteiger partial charge in [-0.05, 0) is 35.7 Å². The first-order valence-electron chi connectivity index (χ1n) is 9.98. The lowest BCUT2D eigenvalue weighted by Gasteiger charge is -2.36. The van der Waals surface area contributed by atoms with Crippen LogP contribution < -0.4 is 16.0 Å². The Labute approximate surface area is 189 Å². The standard InChI is InChI=1S/C22H21Cl2N7/c1-26-20-16-10-27-31(21(16)29-22(25)28-20)15-9-14-4-2-3-5-19(14)30(12-15)11-13-6-7-17(23)18(24)8-13/h2-8,10,15H,9,11-12H2,1H3,(H3,25,26,28,29). The van der Waals surface area contributed by atoms with E-state index in [9.17, 15) is 0 Å². The Morgan fingerprint density at radius 1 is 1.13 bits per heavy atom. The zero-order valence-corrected chi connectivity index (χ0v) is 18.4. The van der Waals surface area contributed by atoms with Gasteiger partial charge < -0.3 is 16.0 Å². The van der Waals surface area contributed by atoms with Crippen molar-refractivity contribution in [3.8, 4) is 0 Å². The number of nitrogens with one attached hydrogen (secondary N) is 1. The Hall–Kier alpha value is -3.03. The molecular weight excluding hydrogens is 433 g/mol. The van der Waals surface area contributed by atoms with Crippen LogP contribution in [0.25, 0.3) is 11.0 Å². The number of halogens is 2. The van der Waals surface area contributed by atoms with E-state index in [0.717, 1.165) is 29.6 Å². The van der Waals surface area contributed by atoms with Crippen molar-refractivity contribution >= 4 is 51.7 Å². The van der Waals surface area contributed by atoms with Crippen LogP contribution in [0.5, 0.6) is 0 Å². The third-order valence-corrected chi connectivity index (χ3v) is 6.37. The van der Waals surface area contributed by atoms with E-state index >= 15 is 0 Å². The molecule has 4 aromatic rings. The van der Waals surface area contributed by atoms with Gasteiger partial charge in [0.1, 0.15) is 5.82 Å². The van der Waals surface area contributed by atoms with E-state index in [2.05, 4.69) is 49.5 Å². The first kappa shape index (κ1) is 19.9. The maximum Gasteiger partial charge on any atom is 0.224 e. The predicted molar refractivity (Wildman–Crippen MR) is 126 cm³/mol. The van der Waals surface area contributed by atoms with Crippen LogP contribution in [0.15, 0.2) is 48.7 Å². The van der Waals surface area contributed by atoms with Crippen LogP contribution in [0.2, 0.25) is 10.0 Å². The molecule has 9 heteroatoms. The molecule has 0 bridgehead atoms. The zero-order valence-electron chi connectivity index (χ0n) is 16.9. The van der Waals surface area contributed by atoms with E-state index in [1.54, 1.807) is 6.20 Å². The second kappa shape index (κ2) is 7.90. The van der Waals surface area contributed by atoms with E-state index in [4.69, 9.17) is 28.9 Å². The highest BCUT2D eigenvalue weighted by atomic mass is 35.5. The lowest BCUT2D eigenvalue weighted by molar-refractivity contribution is 0.439. The molecule has 1 aliphatic rings. The molecule has 158 valence electrons. The van der Waals surface area contributed by atoms with Crippen LogP contribution in [0.4, 0.5) is 17.5 Å². The van der Waals surface area contributed by atoms with Crippen LogP contribution in [0.3, 0.4) is 0 Å². The number of nitrogen functional groups attached to an aromatic ring is 1. The number of hydrogen-bond acceptors (Lipinski definition) is 6. The fraction of sp³-hybridized carbons (Fsp3) is 0.227. The largest absolute Gasteiger partial charge is 0.372 e. The maximum atomic E-state index is 6.25. The van der Waals surface area contributed by atoms with Crippen molar-refractivity contribution in [1.29, 1.82) is 0 Å². The van der Waals surface area contributed by atoms with Gasteiger partial charge in [0.15, 0.2) is 5.65 Å². The van der Waals surface area contributed by atoms with Crippen molar-refractivity contribution in [2.24, 2.45) is 0 Å². The van der Waals surface area contributed by atoms with Crippen LogP contribution in [0, 0.1) is 0 Å². The summed E-state index contributed by atoms with van der Waals surface area (Å²) in [4.78, 5) is 11.1. The first-order chi connectivity index (χ1) is 15.0. The van der Waals surface area contributed by atoms with E-state index in [0.29, 0.717) is 22.4 Å². The number of fused-ring (bicyclic) bond motifs is 2. The summed E-state index contributed by atoms with van der Waals surface area (Å²) >= 11 is 12.4. The Balaban J connectivity index is 1.54. The maximum absolute atomic E-state index is 6.25. The lowest BCUT2D eigenvalue weighted by Crippen LogP contribution is -2.36. The van der Waals surface area contributed by atoms with Crippen LogP contribution in [0.1, 0.15) is 17.2 Å². The van der Waals surface area contributed by atoms with Gasteiger partial charge in [-0.15, -0.1) is 0 Å². The van der Waals surface area contributed by atoms with Crippen molar-refractivity contribution in [3.63, 3.8) is 0 Å². The third-order valence-electron chi connectivity index (χ3n) is 5.63. The molecule has 0 saturated heterocycles. The number of nitrogens with two attached hydrogens (primary N) is 1. The first-order valence-corrected chi connectivity index (χ1v) is 10.7. The highest BCUT2D eigenvalue weighted by Crippen LogP contribution is 2.35. The fourth-order valence-electron chi connectivity index (χ4n) is 4.24. The van der Waals surface area contributed by atoms with E-state index in [-0.39, 0.29) is 12.0 Å². The minimum Gasteiger partial charge on any atom is -0.372 e. The molecule has 3 heterocycles. The normalized spacial score (nSPS) is 15.8. The molecule has 1 unspecified atom stereocenters. The van der Waals surface area contributed by atoms with Crippen molar-refractivity contribution in [2.45, 2.75) is 19.0 Å². The molecule has 1 atom stereocenters. The van der Waals surface area contributed by atoms with Gasteiger partial charge in [-0.2, -0.15) is 15.1 Å². The van der Waals surface area contributed by atoms with Crippen molar-refractivity contribution in [1.82, 2.24) is 19.7 Å². The summed E-state index contributed by atoms with van der Waals surface area (Å²) in [5.74, 6) is 0.903. The zero-order chi connectivity index (χ0) is 21.5. The summed E-state index contributed by atoms with van der Waals surface area (Å²) < 4.78 is 1.96. The number of rotatable bonds is 4. The highest BCUT2D eigenvalue weighted by molar-refractivity contribution is 6.42. The molecule has 0 fully saturated rings. The minimum absolute atomic E-state index is 0.0918. The number of benzene rings is 2. The Bertz CT molecular complexity index is 1270. The molecule has 0 saturated carbocycles. The molecular formula is C22H21Cl2N7. The van der Waals surface area contributed by atoms with Gasteiger partial charge in [-0.1, -0.05) is 47.5 Å². The Kier molecular flexibility index (Phi) is 5.08. The molecule has 0 aliphatic carbocycles. The van der Waals surface area contributed by atoms with Gasteiger partial charge in [-0.25, -0.2) is 4.68 Å². The van der Waals surface area contributed by atoms with Crippen LogP contribution in [-0.4, -0.2) is 33.3 Å². The molecule has 0 spiro atoms. The highest BCUT2D eigenvalue weighted by Gasteiger charge is 2.28. The topological polar surface area (TPSA) is 84.9 Å². The van der Waals surface area contributed by atoms with Gasteiger partial charge in [0.2, 0.25) is 5.95 Å². The summed E-state index contributed by atoms with van der Waals surface area (Å²) in [5, 5.41) is 9.71. The quantitative estimate of drug-likeness (QED) is 0.470. The third kappa shape index (κ3) is 3.64. The second-order valence-corrected chi connectivity index (χ2v) is 8.44. The lowest BCUT2D eigenvalue weighted by atomic mass is 9.97. The number of hydrogen-bond donors (Lipinski definition) is 2. The van der Waals surface area contributed by atoms with Crippen molar-refractivity contribution < 1.29 is 0 Å². The molecule has 0 radical (unpaired) electrons. The number of anilines is 3. The number of nitrogens with zero attached hydrogens (tertiary/aromatic N) is 5. The van der Waals surface area contributed by atoms with Gasteiger partial charge in [0.25, 0.3) is 0 Å². The Morgan fingerprint density at radius 2 is 1.97 bits per heavy atom. The van der Waals surface area contributed by atoms with Crippen molar-refractivity contribution in [3.05, 3.63) is 69.8 Å². The van der Waals surface area contributed by atoms with E-state index in [1.807, 2.05) is 29.9 Å². The fourth-order valence-corrected chi connectivity index (χ4v) is 4.56. The molecule has 2 aromatic carbocycles. The average molecular weight is 454 g/mol. The van der Waals surface area contributed by atoms with E-state index < -0.39 is 0 Å². The van der Waals surface area contributed by atoms with Crippen LogP contribution >= 0.6 is 23.2 Å². The molecule has 3 N–H and O–H groups in total. The monoisotopic (exact) mass is 453 g/mol. The summed E-state index contributed by atoms with van der Waals surface area (Å²) in [6.45, 7) is 1.48. The smallest absolute Gasteiger partial charge is 0.224 e. The van der Waals surface area contributed by atoms with Gasteiger partial charge in [0, 0.05) is 25.8 Å². The number of para-hydroxylation sites is 1. The summed E-state index contributed by atoms with van der Waals surface area (Å²) in [7, 11) is 1.81.